The highest BCUT2D eigenvalue weighted by atomic mass is 16.5. The summed E-state index contributed by atoms with van der Waals surface area (Å²) in [6.45, 7) is 1.62. The predicted octanol–water partition coefficient (Wildman–Crippen LogP) is 2.60. The van der Waals surface area contributed by atoms with E-state index in [1.807, 2.05) is 0 Å². The summed E-state index contributed by atoms with van der Waals surface area (Å²) in [6.07, 6.45) is 0. The fourth-order valence-electron chi connectivity index (χ4n) is 2.50. The van der Waals surface area contributed by atoms with Crippen molar-refractivity contribution in [1.29, 1.82) is 0 Å². The molecule has 0 fully saturated rings. The molecule has 2 aromatic carbocycles. The summed E-state index contributed by atoms with van der Waals surface area (Å²) in [6, 6.07) is 5.04. The van der Waals surface area contributed by atoms with Crippen LogP contribution in [0.15, 0.2) is 33.5 Å². The fourth-order valence-corrected chi connectivity index (χ4v) is 2.50. The highest BCUT2D eigenvalue weighted by Gasteiger charge is 2.20. The molecule has 3 aromatic rings. The molecule has 0 atom stereocenters. The van der Waals surface area contributed by atoms with Gasteiger partial charge in [-0.25, -0.2) is 0 Å². The molecule has 0 aliphatic heterocycles. The number of aromatic hydroxyl groups is 4. The second-order valence-electron chi connectivity index (χ2n) is 5.29. The topological polar surface area (TPSA) is 120 Å². The molecule has 124 valence electrons. The summed E-state index contributed by atoms with van der Waals surface area (Å²) >= 11 is 0. The highest BCUT2D eigenvalue weighted by molar-refractivity contribution is 5.88. The van der Waals surface area contributed by atoms with E-state index >= 15 is 0 Å². The number of ether oxygens (including phenoxy) is 1. The van der Waals surface area contributed by atoms with Crippen molar-refractivity contribution in [1.82, 2.24) is 0 Å². The van der Waals surface area contributed by atoms with Gasteiger partial charge in [0.25, 0.3) is 0 Å². The van der Waals surface area contributed by atoms with Gasteiger partial charge < -0.3 is 29.6 Å². The summed E-state index contributed by atoms with van der Waals surface area (Å²) in [5.74, 6) is -1.58. The maximum absolute atomic E-state index is 12.3. The van der Waals surface area contributed by atoms with Crippen molar-refractivity contribution in [2.75, 3.05) is 7.11 Å². The number of rotatable bonds is 2. The van der Waals surface area contributed by atoms with Crippen molar-refractivity contribution in [3.63, 3.8) is 0 Å². The van der Waals surface area contributed by atoms with Crippen molar-refractivity contribution in [2.45, 2.75) is 6.92 Å². The Morgan fingerprint density at radius 2 is 1.71 bits per heavy atom. The summed E-state index contributed by atoms with van der Waals surface area (Å²) in [5.41, 5.74) is -0.185. The molecular weight excluding hydrogens is 316 g/mol. The van der Waals surface area contributed by atoms with Crippen LogP contribution in [-0.2, 0) is 0 Å². The molecule has 0 unspecified atom stereocenters. The van der Waals surface area contributed by atoms with Crippen molar-refractivity contribution in [3.05, 3.63) is 40.1 Å². The first kappa shape index (κ1) is 15.5. The van der Waals surface area contributed by atoms with Crippen LogP contribution in [0.2, 0.25) is 0 Å². The number of hydrogen-bond acceptors (Lipinski definition) is 7. The van der Waals surface area contributed by atoms with Crippen molar-refractivity contribution < 1.29 is 29.6 Å². The van der Waals surface area contributed by atoms with Gasteiger partial charge in [0.15, 0.2) is 17.3 Å². The lowest BCUT2D eigenvalue weighted by Crippen LogP contribution is -2.03. The molecule has 0 saturated heterocycles. The Hall–Kier alpha value is -3.35. The second-order valence-corrected chi connectivity index (χ2v) is 5.29. The lowest BCUT2D eigenvalue weighted by molar-refractivity contribution is 0.371. The molecule has 0 bridgehead atoms. The minimum Gasteiger partial charge on any atom is -0.508 e. The first-order valence-corrected chi connectivity index (χ1v) is 6.93. The Morgan fingerprint density at radius 3 is 2.38 bits per heavy atom. The molecule has 24 heavy (non-hydrogen) atoms. The van der Waals surface area contributed by atoms with E-state index in [0.717, 1.165) is 12.1 Å². The monoisotopic (exact) mass is 330 g/mol. The van der Waals surface area contributed by atoms with E-state index in [2.05, 4.69) is 0 Å². The average Bonchev–Trinajstić information content (AvgIpc) is 2.52. The predicted molar refractivity (Wildman–Crippen MR) is 85.9 cm³/mol. The average molecular weight is 330 g/mol. The van der Waals surface area contributed by atoms with Crippen LogP contribution in [0.25, 0.3) is 22.3 Å². The Labute approximate surface area is 135 Å². The molecule has 0 aliphatic rings. The molecule has 7 heteroatoms. The molecular formula is C17H14O7. The van der Waals surface area contributed by atoms with Crippen LogP contribution in [0.3, 0.4) is 0 Å². The van der Waals surface area contributed by atoms with Crippen molar-refractivity contribution in [3.8, 4) is 40.1 Å². The first-order chi connectivity index (χ1) is 11.3. The second kappa shape index (κ2) is 5.38. The van der Waals surface area contributed by atoms with Gasteiger partial charge in [0, 0.05) is 17.7 Å². The molecule has 0 saturated carbocycles. The van der Waals surface area contributed by atoms with Gasteiger partial charge in [-0.15, -0.1) is 0 Å². The maximum atomic E-state index is 12.3. The van der Waals surface area contributed by atoms with E-state index in [9.17, 15) is 25.2 Å². The molecule has 3 rings (SSSR count). The lowest BCUT2D eigenvalue weighted by atomic mass is 10.1. The zero-order chi connectivity index (χ0) is 17.6. The minimum absolute atomic E-state index is 0.0702. The van der Waals surface area contributed by atoms with E-state index < -0.39 is 16.9 Å². The third kappa shape index (κ3) is 2.26. The number of methoxy groups -OCH3 is 1. The standard InChI is InChI=1S/C17H14O7/c1-7-3-8(4-12(23-2)14(7)20)17-16(22)15(21)13-10(19)5-9(18)6-11(13)24-17/h3-6,18-20,22H,1-2H3. The van der Waals surface area contributed by atoms with Crippen molar-refractivity contribution in [2.24, 2.45) is 0 Å². The van der Waals surface area contributed by atoms with Crippen molar-refractivity contribution >= 4 is 11.0 Å². The molecule has 0 aliphatic carbocycles. The van der Waals surface area contributed by atoms with Crippen LogP contribution in [0, 0.1) is 6.92 Å². The Morgan fingerprint density at radius 1 is 1.00 bits per heavy atom. The number of phenolic OH excluding ortho intramolecular Hbond substituents is 3. The number of benzene rings is 2. The van der Waals surface area contributed by atoms with Crippen LogP contribution < -0.4 is 10.2 Å². The smallest absolute Gasteiger partial charge is 0.238 e. The van der Waals surface area contributed by atoms with Crippen LogP contribution in [0.1, 0.15) is 5.56 Å². The van der Waals surface area contributed by atoms with E-state index in [1.54, 1.807) is 6.92 Å². The Balaban J connectivity index is 2.38. The highest BCUT2D eigenvalue weighted by Crippen LogP contribution is 2.39. The molecule has 1 heterocycles. The van der Waals surface area contributed by atoms with Crippen LogP contribution >= 0.6 is 0 Å². The molecule has 0 radical (unpaired) electrons. The van der Waals surface area contributed by atoms with Gasteiger partial charge >= 0.3 is 0 Å². The van der Waals surface area contributed by atoms with Gasteiger partial charge in [-0.2, -0.15) is 0 Å². The summed E-state index contributed by atoms with van der Waals surface area (Å²) < 4.78 is 10.6. The van der Waals surface area contributed by atoms with E-state index in [-0.39, 0.29) is 34.0 Å². The SMILES string of the molecule is COc1cc(-c2oc3cc(O)cc(O)c3c(=O)c2O)cc(C)c1O. The molecule has 0 amide bonds. The molecule has 4 N–H and O–H groups in total. The maximum Gasteiger partial charge on any atom is 0.238 e. The normalized spacial score (nSPS) is 10.9. The fraction of sp³-hybridized carbons (Fsp3) is 0.118. The zero-order valence-corrected chi connectivity index (χ0v) is 12.8. The Kier molecular flexibility index (Phi) is 3.48. The van der Waals surface area contributed by atoms with Gasteiger partial charge in [-0.3, -0.25) is 4.79 Å². The number of fused-ring (bicyclic) bond motifs is 1. The van der Waals surface area contributed by atoms with E-state index in [1.165, 1.54) is 19.2 Å². The van der Waals surface area contributed by atoms with Gasteiger partial charge in [-0.1, -0.05) is 0 Å². The largest absolute Gasteiger partial charge is 0.508 e. The number of aryl methyl sites for hydroxylation is 1. The van der Waals surface area contributed by atoms with Gasteiger partial charge in [0.1, 0.15) is 22.5 Å². The zero-order valence-electron chi connectivity index (χ0n) is 12.8. The van der Waals surface area contributed by atoms with Crippen LogP contribution in [0.4, 0.5) is 0 Å². The molecule has 7 nitrogen and oxygen atoms in total. The van der Waals surface area contributed by atoms with E-state index in [0.29, 0.717) is 11.1 Å². The van der Waals surface area contributed by atoms with Gasteiger partial charge in [0.2, 0.25) is 11.2 Å². The third-order valence-electron chi connectivity index (χ3n) is 3.68. The summed E-state index contributed by atoms with van der Waals surface area (Å²) in [5, 5.41) is 39.2. The Bertz CT molecular complexity index is 1020. The van der Waals surface area contributed by atoms with Gasteiger partial charge in [0.05, 0.1) is 7.11 Å². The first-order valence-electron chi connectivity index (χ1n) is 6.93. The van der Waals surface area contributed by atoms with Crippen LogP contribution in [0.5, 0.6) is 28.7 Å². The number of phenols is 3. The summed E-state index contributed by atoms with van der Waals surface area (Å²) in [4.78, 5) is 12.3. The molecule has 0 spiro atoms. The minimum atomic E-state index is -0.839. The number of hydrogen-bond donors (Lipinski definition) is 4. The molecule has 1 aromatic heterocycles. The van der Waals surface area contributed by atoms with E-state index in [4.69, 9.17) is 9.15 Å². The third-order valence-corrected chi connectivity index (χ3v) is 3.68. The van der Waals surface area contributed by atoms with Gasteiger partial charge in [-0.05, 0) is 24.6 Å². The lowest BCUT2D eigenvalue weighted by Gasteiger charge is -2.11. The quantitative estimate of drug-likeness (QED) is 0.570. The summed E-state index contributed by atoms with van der Waals surface area (Å²) in [7, 11) is 1.37. The van der Waals surface area contributed by atoms with Crippen LogP contribution in [-0.4, -0.2) is 27.5 Å².